The Morgan fingerprint density at radius 2 is 1.82 bits per heavy atom. The van der Waals surface area contributed by atoms with E-state index in [2.05, 4.69) is 0 Å². The summed E-state index contributed by atoms with van der Waals surface area (Å²) in [6.07, 6.45) is 4.58. The van der Waals surface area contributed by atoms with Crippen LogP contribution in [0.15, 0.2) is 0 Å². The first-order valence-corrected chi connectivity index (χ1v) is 6.42. The molecule has 0 amide bonds. The summed E-state index contributed by atoms with van der Waals surface area (Å²) in [7, 11) is 0. The quantitative estimate of drug-likeness (QED) is 0.748. The molecule has 0 saturated heterocycles. The number of carboxylic acid groups (broad SMARTS) is 1. The van der Waals surface area contributed by atoms with E-state index in [1.165, 1.54) is 12.8 Å². The number of hydrogen-bond donors (Lipinski definition) is 1. The average molecular weight is 240 g/mol. The van der Waals surface area contributed by atoms with Crippen molar-refractivity contribution < 1.29 is 19.4 Å². The van der Waals surface area contributed by atoms with Crippen molar-refractivity contribution in [1.82, 2.24) is 0 Å². The van der Waals surface area contributed by atoms with E-state index < -0.39 is 5.97 Å². The maximum absolute atomic E-state index is 11.6. The van der Waals surface area contributed by atoms with Gasteiger partial charge in [0.25, 0.3) is 0 Å². The Hall–Kier alpha value is -1.06. The minimum atomic E-state index is -0.796. The third-order valence-electron chi connectivity index (χ3n) is 4.32. The molecule has 1 unspecified atom stereocenters. The van der Waals surface area contributed by atoms with Gasteiger partial charge in [-0.15, -0.1) is 0 Å². The second kappa shape index (κ2) is 4.67. The maximum Gasteiger partial charge on any atom is 0.306 e. The molecule has 0 heterocycles. The predicted molar refractivity (Wildman–Crippen MR) is 61.4 cm³/mol. The summed E-state index contributed by atoms with van der Waals surface area (Å²) in [5.41, 5.74) is -0.329. The standard InChI is InChI=1S/C13H20O4/c1-2-17-12(16)8-13(7-11(14)15)5-9-3-4-10(9)6-13/h9-10H,2-8H2,1H3,(H,14,15)/t9-,10+,13?. The Bertz CT molecular complexity index is 311. The van der Waals surface area contributed by atoms with E-state index >= 15 is 0 Å². The first kappa shape index (κ1) is 12.4. The Kier molecular flexibility index (Phi) is 3.40. The molecule has 0 bridgehead atoms. The fourth-order valence-electron chi connectivity index (χ4n) is 3.56. The number of aliphatic carboxylic acids is 1. The molecule has 4 heteroatoms. The van der Waals surface area contributed by atoms with E-state index in [9.17, 15) is 9.59 Å². The van der Waals surface area contributed by atoms with Crippen molar-refractivity contribution in [2.45, 2.75) is 45.4 Å². The molecule has 2 fully saturated rings. The van der Waals surface area contributed by atoms with E-state index in [1.54, 1.807) is 6.92 Å². The number of rotatable bonds is 5. The number of esters is 1. The summed E-state index contributed by atoms with van der Waals surface area (Å²) < 4.78 is 4.97. The van der Waals surface area contributed by atoms with Gasteiger partial charge in [0.1, 0.15) is 0 Å². The monoisotopic (exact) mass is 240 g/mol. The Balaban J connectivity index is 2.02. The van der Waals surface area contributed by atoms with E-state index in [1.807, 2.05) is 0 Å². The zero-order valence-corrected chi connectivity index (χ0v) is 10.3. The van der Waals surface area contributed by atoms with Crippen LogP contribution in [0.3, 0.4) is 0 Å². The van der Waals surface area contributed by atoms with Gasteiger partial charge in [0.15, 0.2) is 0 Å². The molecular formula is C13H20O4. The lowest BCUT2D eigenvalue weighted by molar-refractivity contribution is -0.147. The highest BCUT2D eigenvalue weighted by Crippen LogP contribution is 2.58. The van der Waals surface area contributed by atoms with Crippen LogP contribution in [0.5, 0.6) is 0 Å². The third kappa shape index (κ3) is 2.61. The SMILES string of the molecule is CCOC(=O)CC1(CC(=O)O)C[C@H]2CC[C@H]2C1. The molecule has 2 rings (SSSR count). The van der Waals surface area contributed by atoms with Gasteiger partial charge in [-0.05, 0) is 49.9 Å². The molecule has 17 heavy (non-hydrogen) atoms. The van der Waals surface area contributed by atoms with Crippen molar-refractivity contribution in [3.63, 3.8) is 0 Å². The van der Waals surface area contributed by atoms with Gasteiger partial charge in [-0.1, -0.05) is 0 Å². The van der Waals surface area contributed by atoms with Crippen LogP contribution in [0, 0.1) is 17.3 Å². The molecule has 3 atom stereocenters. The molecule has 0 aromatic rings. The third-order valence-corrected chi connectivity index (χ3v) is 4.32. The van der Waals surface area contributed by atoms with Gasteiger partial charge in [-0.3, -0.25) is 9.59 Å². The molecule has 0 aromatic carbocycles. The van der Waals surface area contributed by atoms with E-state index in [4.69, 9.17) is 9.84 Å². The second-order valence-electron chi connectivity index (χ2n) is 5.56. The summed E-state index contributed by atoms with van der Waals surface area (Å²) in [5.74, 6) is 0.276. The predicted octanol–water partition coefficient (Wildman–Crippen LogP) is 2.22. The van der Waals surface area contributed by atoms with Crippen LogP contribution < -0.4 is 0 Å². The summed E-state index contributed by atoms with van der Waals surface area (Å²) in [5, 5.41) is 9.02. The molecular weight excluding hydrogens is 220 g/mol. The van der Waals surface area contributed by atoms with Gasteiger partial charge < -0.3 is 9.84 Å². The van der Waals surface area contributed by atoms with Crippen LogP contribution in [0.2, 0.25) is 0 Å². The molecule has 2 saturated carbocycles. The van der Waals surface area contributed by atoms with E-state index in [0.29, 0.717) is 18.4 Å². The lowest BCUT2D eigenvalue weighted by Crippen LogP contribution is -2.26. The topological polar surface area (TPSA) is 63.6 Å². The van der Waals surface area contributed by atoms with Crippen molar-refractivity contribution in [2.75, 3.05) is 6.61 Å². The van der Waals surface area contributed by atoms with Crippen molar-refractivity contribution in [2.24, 2.45) is 17.3 Å². The number of fused-ring (bicyclic) bond motifs is 1. The molecule has 4 nitrogen and oxygen atoms in total. The highest BCUT2D eigenvalue weighted by atomic mass is 16.5. The van der Waals surface area contributed by atoms with E-state index in [0.717, 1.165) is 12.8 Å². The van der Waals surface area contributed by atoms with Gasteiger partial charge in [-0.2, -0.15) is 0 Å². The largest absolute Gasteiger partial charge is 0.481 e. The van der Waals surface area contributed by atoms with Crippen LogP contribution in [-0.4, -0.2) is 23.7 Å². The molecule has 0 spiro atoms. The molecule has 1 N–H and O–H groups in total. The van der Waals surface area contributed by atoms with Gasteiger partial charge in [0.05, 0.1) is 19.4 Å². The highest BCUT2D eigenvalue weighted by molar-refractivity contribution is 5.73. The second-order valence-corrected chi connectivity index (χ2v) is 5.56. The number of carbonyl (C=O) groups is 2. The van der Waals surface area contributed by atoms with Crippen LogP contribution in [-0.2, 0) is 14.3 Å². The molecule has 2 aliphatic rings. The van der Waals surface area contributed by atoms with Crippen molar-refractivity contribution in [1.29, 1.82) is 0 Å². The summed E-state index contributed by atoms with van der Waals surface area (Å²) in [6.45, 7) is 2.15. The van der Waals surface area contributed by atoms with Crippen LogP contribution in [0.1, 0.15) is 45.4 Å². The summed E-state index contributed by atoms with van der Waals surface area (Å²) in [6, 6.07) is 0. The van der Waals surface area contributed by atoms with Crippen LogP contribution >= 0.6 is 0 Å². The molecule has 0 radical (unpaired) electrons. The van der Waals surface area contributed by atoms with Crippen LogP contribution in [0.25, 0.3) is 0 Å². The van der Waals surface area contributed by atoms with Crippen molar-refractivity contribution in [3.8, 4) is 0 Å². The molecule has 2 aliphatic carbocycles. The number of hydrogen-bond acceptors (Lipinski definition) is 3. The lowest BCUT2D eigenvalue weighted by Gasteiger charge is -2.29. The molecule has 96 valence electrons. The first-order valence-electron chi connectivity index (χ1n) is 6.42. The van der Waals surface area contributed by atoms with Gasteiger partial charge in [0, 0.05) is 0 Å². The smallest absolute Gasteiger partial charge is 0.306 e. The minimum absolute atomic E-state index is 0.110. The highest BCUT2D eigenvalue weighted by Gasteiger charge is 2.50. The zero-order valence-electron chi connectivity index (χ0n) is 10.3. The Morgan fingerprint density at radius 3 is 2.24 bits per heavy atom. The number of carboxylic acids is 1. The van der Waals surface area contributed by atoms with Gasteiger partial charge in [-0.25, -0.2) is 0 Å². The fraction of sp³-hybridized carbons (Fsp3) is 0.846. The average Bonchev–Trinajstić information content (AvgIpc) is 2.41. The fourth-order valence-corrected chi connectivity index (χ4v) is 3.56. The Morgan fingerprint density at radius 1 is 1.24 bits per heavy atom. The van der Waals surface area contributed by atoms with Crippen molar-refractivity contribution in [3.05, 3.63) is 0 Å². The lowest BCUT2D eigenvalue weighted by atomic mass is 9.77. The Labute approximate surface area is 101 Å². The first-order chi connectivity index (χ1) is 8.04. The zero-order chi connectivity index (χ0) is 12.5. The number of carbonyl (C=O) groups excluding carboxylic acids is 1. The van der Waals surface area contributed by atoms with E-state index in [-0.39, 0.29) is 24.2 Å². The van der Waals surface area contributed by atoms with Crippen LogP contribution in [0.4, 0.5) is 0 Å². The molecule has 0 aliphatic heterocycles. The summed E-state index contributed by atoms with van der Waals surface area (Å²) >= 11 is 0. The minimum Gasteiger partial charge on any atom is -0.481 e. The van der Waals surface area contributed by atoms with Gasteiger partial charge >= 0.3 is 11.9 Å². The van der Waals surface area contributed by atoms with Crippen molar-refractivity contribution >= 4 is 11.9 Å². The summed E-state index contributed by atoms with van der Waals surface area (Å²) in [4.78, 5) is 22.6. The normalized spacial score (nSPS) is 34.9. The van der Waals surface area contributed by atoms with Gasteiger partial charge in [0.2, 0.25) is 0 Å². The number of ether oxygens (including phenoxy) is 1. The molecule has 0 aromatic heterocycles. The maximum atomic E-state index is 11.6.